The fourth-order valence-corrected chi connectivity index (χ4v) is 1.12. The average molecular weight is 200 g/mol. The Morgan fingerprint density at radius 1 is 0.857 bits per heavy atom. The van der Waals surface area contributed by atoms with Crippen molar-refractivity contribution in [3.63, 3.8) is 0 Å². The van der Waals surface area contributed by atoms with Crippen LogP contribution in [0.2, 0.25) is 0 Å². The molecule has 6 nitrogen and oxygen atoms in total. The third-order valence-electron chi connectivity index (χ3n) is 1.73. The first kappa shape index (κ1) is 10.4. The van der Waals surface area contributed by atoms with Gasteiger partial charge in [0.25, 0.3) is 0 Å². The Morgan fingerprint density at radius 2 is 1.14 bits per heavy atom. The van der Waals surface area contributed by atoms with E-state index in [2.05, 4.69) is 0 Å². The molecule has 0 amide bonds. The van der Waals surface area contributed by atoms with E-state index in [0.717, 1.165) is 0 Å². The van der Waals surface area contributed by atoms with E-state index in [0.29, 0.717) is 9.80 Å². The lowest BCUT2D eigenvalue weighted by atomic mass is 10.4. The van der Waals surface area contributed by atoms with Crippen LogP contribution in [-0.2, 0) is 9.59 Å². The van der Waals surface area contributed by atoms with Crippen molar-refractivity contribution in [2.45, 2.75) is 0 Å². The maximum absolute atomic E-state index is 10.3. The number of aliphatic carboxylic acids is 2. The standard InChI is InChI=1S/C8H10N2O4/c11-7(12)5-9-1-2-10(4-3-9)6-8(13)14/h1-4H,5-6H2,(H,11,12)(H,13,14)/p+2. The van der Waals surface area contributed by atoms with Gasteiger partial charge in [-0.15, -0.1) is 0 Å². The molecule has 76 valence electrons. The number of nitrogens with one attached hydrogen (secondary N) is 2. The largest absolute Gasteiger partial charge is 0.477 e. The van der Waals surface area contributed by atoms with Crippen LogP contribution < -0.4 is 9.80 Å². The van der Waals surface area contributed by atoms with E-state index in [1.807, 2.05) is 0 Å². The minimum absolute atomic E-state index is 0.0344. The van der Waals surface area contributed by atoms with Gasteiger partial charge in [0.15, 0.2) is 37.9 Å². The van der Waals surface area contributed by atoms with Gasteiger partial charge in [0.2, 0.25) is 0 Å². The van der Waals surface area contributed by atoms with Gasteiger partial charge in [-0.3, -0.25) is 9.80 Å². The number of carbonyl (C=O) groups is 2. The zero-order chi connectivity index (χ0) is 10.6. The van der Waals surface area contributed by atoms with Crippen LogP contribution in [0.1, 0.15) is 0 Å². The predicted octanol–water partition coefficient (Wildman–Crippen LogP) is -3.12. The first-order valence-electron chi connectivity index (χ1n) is 4.09. The molecule has 14 heavy (non-hydrogen) atoms. The molecular formula is C8H12N2O4+2. The SMILES string of the molecule is O=C(O)C[NH+]1C=C[NH+](CC(=O)O)C=C1. The minimum atomic E-state index is -0.893. The molecule has 1 aliphatic heterocycles. The number of carboxylic acids is 2. The second-order valence-corrected chi connectivity index (χ2v) is 2.96. The summed E-state index contributed by atoms with van der Waals surface area (Å²) in [6, 6.07) is 0. The minimum Gasteiger partial charge on any atom is -0.477 e. The molecular weight excluding hydrogens is 188 g/mol. The van der Waals surface area contributed by atoms with Crippen molar-refractivity contribution in [1.29, 1.82) is 0 Å². The van der Waals surface area contributed by atoms with Crippen molar-refractivity contribution in [3.05, 3.63) is 24.8 Å². The second kappa shape index (κ2) is 4.54. The van der Waals surface area contributed by atoms with Crippen LogP contribution in [0.25, 0.3) is 0 Å². The molecule has 0 spiro atoms. The summed E-state index contributed by atoms with van der Waals surface area (Å²) in [4.78, 5) is 22.0. The highest BCUT2D eigenvalue weighted by Crippen LogP contribution is 1.65. The van der Waals surface area contributed by atoms with E-state index in [4.69, 9.17) is 10.2 Å². The van der Waals surface area contributed by atoms with E-state index >= 15 is 0 Å². The van der Waals surface area contributed by atoms with Gasteiger partial charge in [-0.25, -0.2) is 9.59 Å². The molecule has 0 fully saturated rings. The second-order valence-electron chi connectivity index (χ2n) is 2.96. The van der Waals surface area contributed by atoms with Gasteiger partial charge in [-0.1, -0.05) is 0 Å². The van der Waals surface area contributed by atoms with Crippen LogP contribution in [0.4, 0.5) is 0 Å². The summed E-state index contributed by atoms with van der Waals surface area (Å²) in [6.07, 6.45) is 6.53. The maximum atomic E-state index is 10.3. The zero-order valence-corrected chi connectivity index (χ0v) is 7.43. The van der Waals surface area contributed by atoms with E-state index < -0.39 is 11.9 Å². The van der Waals surface area contributed by atoms with Crippen molar-refractivity contribution < 1.29 is 29.6 Å². The Morgan fingerprint density at radius 3 is 1.36 bits per heavy atom. The molecule has 1 rings (SSSR count). The molecule has 0 saturated heterocycles. The Balaban J connectivity index is 2.44. The van der Waals surface area contributed by atoms with Gasteiger partial charge in [0.1, 0.15) is 0 Å². The van der Waals surface area contributed by atoms with Crippen molar-refractivity contribution >= 4 is 11.9 Å². The molecule has 0 aromatic rings. The van der Waals surface area contributed by atoms with Crippen LogP contribution >= 0.6 is 0 Å². The quantitative estimate of drug-likeness (QED) is 0.387. The summed E-state index contributed by atoms with van der Waals surface area (Å²) >= 11 is 0. The van der Waals surface area contributed by atoms with Crippen LogP contribution in [0.15, 0.2) is 24.8 Å². The Kier molecular flexibility index (Phi) is 3.38. The summed E-state index contributed by atoms with van der Waals surface area (Å²) in [6.45, 7) is -0.0687. The van der Waals surface area contributed by atoms with E-state index in [1.165, 1.54) is 0 Å². The number of quaternary nitrogens is 2. The fraction of sp³-hybridized carbons (Fsp3) is 0.250. The third-order valence-corrected chi connectivity index (χ3v) is 1.73. The predicted molar refractivity (Wildman–Crippen MR) is 45.2 cm³/mol. The van der Waals surface area contributed by atoms with Gasteiger partial charge in [0.05, 0.1) is 0 Å². The molecule has 0 unspecified atom stereocenters. The zero-order valence-electron chi connectivity index (χ0n) is 7.43. The van der Waals surface area contributed by atoms with E-state index in [9.17, 15) is 9.59 Å². The Hall–Kier alpha value is -1.66. The fourth-order valence-electron chi connectivity index (χ4n) is 1.12. The topological polar surface area (TPSA) is 83.5 Å². The molecule has 6 heteroatoms. The summed E-state index contributed by atoms with van der Waals surface area (Å²) in [5, 5.41) is 17.0. The van der Waals surface area contributed by atoms with Gasteiger partial charge in [-0.2, -0.15) is 0 Å². The highest BCUT2D eigenvalue weighted by molar-refractivity contribution is 5.68. The maximum Gasteiger partial charge on any atom is 0.360 e. The van der Waals surface area contributed by atoms with Gasteiger partial charge in [0, 0.05) is 0 Å². The van der Waals surface area contributed by atoms with Crippen molar-refractivity contribution in [1.82, 2.24) is 0 Å². The van der Waals surface area contributed by atoms with Crippen LogP contribution in [0, 0.1) is 0 Å². The monoisotopic (exact) mass is 200 g/mol. The molecule has 4 N–H and O–H groups in total. The molecule has 0 aromatic heterocycles. The summed E-state index contributed by atoms with van der Waals surface area (Å²) in [7, 11) is 0. The number of rotatable bonds is 4. The van der Waals surface area contributed by atoms with Crippen molar-refractivity contribution in [2.75, 3.05) is 13.1 Å². The molecule has 0 atom stereocenters. The number of carboxylic acid groups (broad SMARTS) is 2. The smallest absolute Gasteiger partial charge is 0.360 e. The summed E-state index contributed by atoms with van der Waals surface area (Å²) < 4.78 is 0. The van der Waals surface area contributed by atoms with Crippen molar-refractivity contribution in [3.8, 4) is 0 Å². The number of hydrogen-bond acceptors (Lipinski definition) is 2. The van der Waals surface area contributed by atoms with Crippen LogP contribution in [0.3, 0.4) is 0 Å². The van der Waals surface area contributed by atoms with Crippen molar-refractivity contribution in [2.24, 2.45) is 0 Å². The number of hydrogen-bond donors (Lipinski definition) is 4. The van der Waals surface area contributed by atoms with Crippen LogP contribution in [-0.4, -0.2) is 35.2 Å². The lowest BCUT2D eigenvalue weighted by Crippen LogP contribution is -3.13. The van der Waals surface area contributed by atoms with E-state index in [1.54, 1.807) is 24.8 Å². The highest BCUT2D eigenvalue weighted by atomic mass is 16.4. The summed E-state index contributed by atoms with van der Waals surface area (Å²) in [5.74, 6) is -1.79. The molecule has 0 radical (unpaired) electrons. The van der Waals surface area contributed by atoms with Gasteiger partial charge in [-0.05, 0) is 0 Å². The Bertz CT molecular complexity index is 256. The molecule has 0 bridgehead atoms. The van der Waals surface area contributed by atoms with Gasteiger partial charge >= 0.3 is 11.9 Å². The third kappa shape index (κ3) is 3.38. The first-order chi connectivity index (χ1) is 6.58. The lowest BCUT2D eigenvalue weighted by Gasteiger charge is -2.13. The molecule has 0 aromatic carbocycles. The molecule has 1 aliphatic rings. The van der Waals surface area contributed by atoms with E-state index in [-0.39, 0.29) is 13.1 Å². The first-order valence-corrected chi connectivity index (χ1v) is 4.09. The van der Waals surface area contributed by atoms with Gasteiger partial charge < -0.3 is 10.2 Å². The van der Waals surface area contributed by atoms with Crippen LogP contribution in [0.5, 0.6) is 0 Å². The molecule has 0 saturated carbocycles. The average Bonchev–Trinajstić information content (AvgIpc) is 2.06. The normalized spacial score (nSPS) is 24.9. The summed E-state index contributed by atoms with van der Waals surface area (Å²) in [5.41, 5.74) is 0. The molecule has 0 aliphatic carbocycles. The lowest BCUT2D eigenvalue weighted by molar-refractivity contribution is -0.843. The Labute approximate surface area is 80.3 Å². The highest BCUT2D eigenvalue weighted by Gasteiger charge is 2.16. The molecule has 1 heterocycles.